The maximum absolute atomic E-state index is 11.8. The van der Waals surface area contributed by atoms with E-state index in [9.17, 15) is 4.79 Å². The summed E-state index contributed by atoms with van der Waals surface area (Å²) in [6.45, 7) is 0. The van der Waals surface area contributed by atoms with E-state index in [4.69, 9.17) is 0 Å². The molecule has 0 aliphatic heterocycles. The Kier molecular flexibility index (Phi) is 5.65. The smallest absolute Gasteiger partial charge is 0.275 e. The average molecular weight is 287 g/mol. The van der Waals surface area contributed by atoms with Gasteiger partial charge in [0.25, 0.3) is 5.91 Å². The van der Waals surface area contributed by atoms with E-state index in [0.29, 0.717) is 5.56 Å². The van der Waals surface area contributed by atoms with Crippen LogP contribution >= 0.6 is 11.8 Å². The molecule has 0 aromatic heterocycles. The fraction of sp³-hybridized carbons (Fsp3) is 0.188. The molecule has 0 aliphatic rings. The molecular weight excluding hydrogens is 270 g/mol. The summed E-state index contributed by atoms with van der Waals surface area (Å²) in [6.07, 6.45) is 0.978. The van der Waals surface area contributed by atoms with Crippen LogP contribution in [0, 0.1) is 0 Å². The summed E-state index contributed by atoms with van der Waals surface area (Å²) in [5.74, 6) is 0.719. The van der Waals surface area contributed by atoms with Crippen LogP contribution in [0.3, 0.4) is 0 Å². The van der Waals surface area contributed by atoms with Gasteiger partial charge in [-0.05, 0) is 24.1 Å². The van der Waals surface area contributed by atoms with Crippen molar-refractivity contribution < 1.29 is 9.63 Å². The molecule has 0 aliphatic carbocycles. The highest BCUT2D eigenvalue weighted by molar-refractivity contribution is 7.99. The molecule has 3 nitrogen and oxygen atoms in total. The molecule has 2 rings (SSSR count). The molecule has 4 heteroatoms. The molecule has 104 valence electrons. The van der Waals surface area contributed by atoms with Crippen LogP contribution in [0.4, 0.5) is 0 Å². The molecule has 0 radical (unpaired) electrons. The van der Waals surface area contributed by atoms with Gasteiger partial charge >= 0.3 is 0 Å². The number of aryl methyl sites for hydroxylation is 1. The van der Waals surface area contributed by atoms with E-state index in [1.807, 2.05) is 36.4 Å². The maximum atomic E-state index is 11.8. The molecule has 0 bridgehead atoms. The van der Waals surface area contributed by atoms with Crippen LogP contribution in [0.15, 0.2) is 59.5 Å². The van der Waals surface area contributed by atoms with Crippen molar-refractivity contribution in [2.75, 3.05) is 12.9 Å². The zero-order chi connectivity index (χ0) is 14.2. The Balaban J connectivity index is 1.97. The normalized spacial score (nSPS) is 10.2. The van der Waals surface area contributed by atoms with Crippen LogP contribution in [-0.4, -0.2) is 18.8 Å². The van der Waals surface area contributed by atoms with E-state index < -0.39 is 0 Å². The lowest BCUT2D eigenvalue weighted by Crippen LogP contribution is -2.22. The first-order valence-corrected chi connectivity index (χ1v) is 7.39. The predicted octanol–water partition coefficient (Wildman–Crippen LogP) is 3.31. The number of carbonyl (C=O) groups excluding carboxylic acids is 1. The first kappa shape index (κ1) is 14.6. The van der Waals surface area contributed by atoms with Crippen LogP contribution in [0.2, 0.25) is 0 Å². The van der Waals surface area contributed by atoms with E-state index >= 15 is 0 Å². The van der Waals surface area contributed by atoms with Gasteiger partial charge in [-0.1, -0.05) is 42.5 Å². The van der Waals surface area contributed by atoms with Crippen LogP contribution < -0.4 is 5.48 Å². The summed E-state index contributed by atoms with van der Waals surface area (Å²) < 4.78 is 0. The molecule has 0 saturated carbocycles. The van der Waals surface area contributed by atoms with Gasteiger partial charge in [-0.2, -0.15) is 0 Å². The van der Waals surface area contributed by atoms with Crippen molar-refractivity contribution >= 4 is 17.7 Å². The fourth-order valence-corrected chi connectivity index (χ4v) is 2.90. The van der Waals surface area contributed by atoms with Gasteiger partial charge in [0.15, 0.2) is 0 Å². The van der Waals surface area contributed by atoms with E-state index in [2.05, 4.69) is 22.5 Å². The number of hydroxylamine groups is 1. The average Bonchev–Trinajstić information content (AvgIpc) is 2.49. The number of rotatable bonds is 6. The maximum Gasteiger partial charge on any atom is 0.275 e. The molecule has 2 aromatic rings. The minimum absolute atomic E-state index is 0.213. The molecule has 2 aromatic carbocycles. The molecule has 0 unspecified atom stereocenters. The third kappa shape index (κ3) is 4.11. The third-order valence-corrected chi connectivity index (χ3v) is 3.89. The topological polar surface area (TPSA) is 38.3 Å². The van der Waals surface area contributed by atoms with Crippen molar-refractivity contribution in [1.82, 2.24) is 5.48 Å². The van der Waals surface area contributed by atoms with Gasteiger partial charge in [-0.15, -0.1) is 11.8 Å². The highest BCUT2D eigenvalue weighted by Gasteiger charge is 2.10. The largest absolute Gasteiger partial charge is 0.277 e. The number of amides is 1. The number of thioether (sulfide) groups is 1. The fourth-order valence-electron chi connectivity index (χ4n) is 1.85. The Morgan fingerprint density at radius 1 is 1.10 bits per heavy atom. The first-order valence-electron chi connectivity index (χ1n) is 6.40. The van der Waals surface area contributed by atoms with Crippen LogP contribution in [-0.2, 0) is 11.3 Å². The van der Waals surface area contributed by atoms with Crippen LogP contribution in [0.25, 0.3) is 0 Å². The van der Waals surface area contributed by atoms with E-state index in [1.165, 1.54) is 12.7 Å². The standard InChI is InChI=1S/C16H17NO2S/c1-19-17-16(18)14-9-5-6-10-15(14)20-12-11-13-7-3-2-4-8-13/h2-10H,11-12H2,1H3,(H,17,18). The zero-order valence-electron chi connectivity index (χ0n) is 11.3. The summed E-state index contributed by atoms with van der Waals surface area (Å²) >= 11 is 1.68. The van der Waals surface area contributed by atoms with E-state index in [-0.39, 0.29) is 5.91 Å². The highest BCUT2D eigenvalue weighted by Crippen LogP contribution is 2.23. The molecule has 1 amide bonds. The van der Waals surface area contributed by atoms with Crippen LogP contribution in [0.5, 0.6) is 0 Å². The number of nitrogens with one attached hydrogen (secondary N) is 1. The Morgan fingerprint density at radius 2 is 1.80 bits per heavy atom. The third-order valence-electron chi connectivity index (χ3n) is 2.82. The zero-order valence-corrected chi connectivity index (χ0v) is 12.2. The molecule has 0 spiro atoms. The van der Waals surface area contributed by atoms with Crippen molar-refractivity contribution in [3.05, 3.63) is 65.7 Å². The van der Waals surface area contributed by atoms with Crippen molar-refractivity contribution in [2.24, 2.45) is 0 Å². The van der Waals surface area contributed by atoms with Crippen molar-refractivity contribution in [3.8, 4) is 0 Å². The quantitative estimate of drug-likeness (QED) is 0.654. The lowest BCUT2D eigenvalue weighted by molar-refractivity contribution is 0.0534. The van der Waals surface area contributed by atoms with Crippen LogP contribution in [0.1, 0.15) is 15.9 Å². The summed E-state index contributed by atoms with van der Waals surface area (Å²) in [6, 6.07) is 17.9. The minimum atomic E-state index is -0.213. The van der Waals surface area contributed by atoms with Gasteiger partial charge in [0.1, 0.15) is 0 Å². The molecule has 0 fully saturated rings. The summed E-state index contributed by atoms with van der Waals surface area (Å²) in [5, 5.41) is 0. The van der Waals surface area contributed by atoms with Gasteiger partial charge in [0, 0.05) is 10.6 Å². The molecule has 20 heavy (non-hydrogen) atoms. The molecule has 0 heterocycles. The number of carbonyl (C=O) groups is 1. The molecule has 1 N–H and O–H groups in total. The van der Waals surface area contributed by atoms with Gasteiger partial charge in [-0.25, -0.2) is 5.48 Å². The van der Waals surface area contributed by atoms with Crippen molar-refractivity contribution in [3.63, 3.8) is 0 Å². The predicted molar refractivity (Wildman–Crippen MR) is 81.8 cm³/mol. The van der Waals surface area contributed by atoms with Crippen molar-refractivity contribution in [1.29, 1.82) is 0 Å². The second-order valence-electron chi connectivity index (χ2n) is 4.22. The van der Waals surface area contributed by atoms with Crippen molar-refractivity contribution in [2.45, 2.75) is 11.3 Å². The Hall–Kier alpha value is -1.78. The highest BCUT2D eigenvalue weighted by atomic mass is 32.2. The molecular formula is C16H17NO2S. The Morgan fingerprint density at radius 3 is 2.55 bits per heavy atom. The molecule has 0 atom stereocenters. The second kappa shape index (κ2) is 7.72. The molecule has 0 saturated heterocycles. The Bertz CT molecular complexity index is 557. The first-order chi connectivity index (χ1) is 9.81. The summed E-state index contributed by atoms with van der Waals surface area (Å²) in [4.78, 5) is 17.5. The van der Waals surface area contributed by atoms with Gasteiger partial charge in [-0.3, -0.25) is 9.63 Å². The lowest BCUT2D eigenvalue weighted by atomic mass is 10.2. The monoisotopic (exact) mass is 287 g/mol. The second-order valence-corrected chi connectivity index (χ2v) is 5.35. The Labute approximate surface area is 123 Å². The van der Waals surface area contributed by atoms with E-state index in [1.54, 1.807) is 17.8 Å². The number of hydrogen-bond donors (Lipinski definition) is 1. The lowest BCUT2D eigenvalue weighted by Gasteiger charge is -2.08. The summed E-state index contributed by atoms with van der Waals surface area (Å²) in [5.41, 5.74) is 4.31. The minimum Gasteiger partial charge on any atom is -0.277 e. The van der Waals surface area contributed by atoms with Gasteiger partial charge < -0.3 is 0 Å². The SMILES string of the molecule is CONC(=O)c1ccccc1SCCc1ccccc1. The van der Waals surface area contributed by atoms with Gasteiger partial charge in [0.2, 0.25) is 0 Å². The summed E-state index contributed by atoms with van der Waals surface area (Å²) in [7, 11) is 1.43. The number of benzene rings is 2. The van der Waals surface area contributed by atoms with E-state index in [0.717, 1.165) is 17.1 Å². The van der Waals surface area contributed by atoms with Gasteiger partial charge in [0.05, 0.1) is 12.7 Å². The number of hydrogen-bond acceptors (Lipinski definition) is 3.